The molecule has 0 aliphatic carbocycles. The maximum atomic E-state index is 11.4. The molecule has 1 aromatic rings. The van der Waals surface area contributed by atoms with E-state index in [-0.39, 0.29) is 0 Å². The van der Waals surface area contributed by atoms with Crippen LogP contribution >= 0.6 is 11.6 Å². The van der Waals surface area contributed by atoms with Crippen molar-refractivity contribution in [3.63, 3.8) is 0 Å². The number of rotatable bonds is 2. The second-order valence-electron chi connectivity index (χ2n) is 4.48. The number of anilines is 1. The summed E-state index contributed by atoms with van der Waals surface area (Å²) in [6, 6.07) is 6.23. The van der Waals surface area contributed by atoms with Crippen LogP contribution in [0.1, 0.15) is 31.1 Å². The molecule has 1 amide bonds. The van der Waals surface area contributed by atoms with Crippen LogP contribution in [0.3, 0.4) is 0 Å². The molecule has 0 saturated heterocycles. The van der Waals surface area contributed by atoms with Gasteiger partial charge in [0.05, 0.1) is 0 Å². The molecular formula is C12H14ClNO3. The fourth-order valence-corrected chi connectivity index (χ4v) is 1.23. The van der Waals surface area contributed by atoms with Crippen molar-refractivity contribution in [1.29, 1.82) is 0 Å². The van der Waals surface area contributed by atoms with E-state index in [9.17, 15) is 9.59 Å². The Balaban J connectivity index is 2.64. The number of nitrogens with one attached hydrogen (secondary N) is 1. The molecule has 0 heterocycles. The monoisotopic (exact) mass is 255 g/mol. The van der Waals surface area contributed by atoms with Crippen molar-refractivity contribution < 1.29 is 14.3 Å². The molecule has 0 aliphatic rings. The minimum Gasteiger partial charge on any atom is -0.444 e. The van der Waals surface area contributed by atoms with Gasteiger partial charge in [-0.25, -0.2) is 4.79 Å². The molecular weight excluding hydrogens is 242 g/mol. The van der Waals surface area contributed by atoms with Crippen molar-refractivity contribution in [2.24, 2.45) is 0 Å². The van der Waals surface area contributed by atoms with Gasteiger partial charge in [0, 0.05) is 11.3 Å². The molecule has 17 heavy (non-hydrogen) atoms. The quantitative estimate of drug-likeness (QED) is 0.824. The fourth-order valence-electron chi connectivity index (χ4n) is 1.11. The lowest BCUT2D eigenvalue weighted by Crippen LogP contribution is -2.27. The minimum absolute atomic E-state index is 0.376. The lowest BCUT2D eigenvalue weighted by atomic mass is 10.2. The Morgan fingerprint density at radius 2 is 1.71 bits per heavy atom. The summed E-state index contributed by atoms with van der Waals surface area (Å²) in [6.45, 7) is 5.34. The molecule has 0 bridgehead atoms. The molecule has 0 aliphatic heterocycles. The summed E-state index contributed by atoms with van der Waals surface area (Å²) in [4.78, 5) is 22.2. The smallest absolute Gasteiger partial charge is 0.412 e. The largest absolute Gasteiger partial charge is 0.444 e. The van der Waals surface area contributed by atoms with E-state index >= 15 is 0 Å². The number of hydrogen-bond donors (Lipinski definition) is 1. The standard InChI is InChI=1S/C12H14ClNO3/c1-12(2,3)17-11(16)14-9-6-4-8(5-7-9)10(13)15/h4-7H,1-3H3,(H,14,16). The van der Waals surface area contributed by atoms with Crippen molar-refractivity contribution in [2.45, 2.75) is 26.4 Å². The van der Waals surface area contributed by atoms with Crippen LogP contribution in [-0.4, -0.2) is 16.9 Å². The zero-order valence-electron chi connectivity index (χ0n) is 9.91. The summed E-state index contributed by atoms with van der Waals surface area (Å²) >= 11 is 5.30. The van der Waals surface area contributed by atoms with Gasteiger partial charge in [-0.05, 0) is 56.6 Å². The van der Waals surface area contributed by atoms with E-state index < -0.39 is 16.9 Å². The highest BCUT2D eigenvalue weighted by Crippen LogP contribution is 2.13. The summed E-state index contributed by atoms with van der Waals surface area (Å²) in [7, 11) is 0. The van der Waals surface area contributed by atoms with Crippen LogP contribution in [0.2, 0.25) is 0 Å². The number of benzene rings is 1. The van der Waals surface area contributed by atoms with Crippen LogP contribution in [0.15, 0.2) is 24.3 Å². The maximum Gasteiger partial charge on any atom is 0.412 e. The third kappa shape index (κ3) is 4.87. The van der Waals surface area contributed by atoms with E-state index in [1.807, 2.05) is 0 Å². The normalized spacial score (nSPS) is 10.8. The molecule has 0 aromatic heterocycles. The van der Waals surface area contributed by atoms with Crippen LogP contribution in [-0.2, 0) is 4.74 Å². The Bertz CT molecular complexity index is 420. The summed E-state index contributed by atoms with van der Waals surface area (Å²) < 4.78 is 5.08. The zero-order valence-corrected chi connectivity index (χ0v) is 10.7. The molecule has 1 aromatic carbocycles. The van der Waals surface area contributed by atoms with Gasteiger partial charge in [-0.2, -0.15) is 0 Å². The molecule has 5 heteroatoms. The second-order valence-corrected chi connectivity index (χ2v) is 4.82. The third-order valence-electron chi connectivity index (χ3n) is 1.76. The molecule has 1 rings (SSSR count). The van der Waals surface area contributed by atoms with E-state index in [1.165, 1.54) is 12.1 Å². The number of amides is 1. The van der Waals surface area contributed by atoms with E-state index in [4.69, 9.17) is 16.3 Å². The summed E-state index contributed by atoms with van der Waals surface area (Å²) in [6.07, 6.45) is -0.539. The van der Waals surface area contributed by atoms with E-state index in [2.05, 4.69) is 5.32 Å². The average Bonchev–Trinajstić information content (AvgIpc) is 2.15. The fraction of sp³-hybridized carbons (Fsp3) is 0.333. The lowest BCUT2D eigenvalue weighted by Gasteiger charge is -2.19. The summed E-state index contributed by atoms with van der Waals surface area (Å²) in [5.74, 6) is 0. The number of ether oxygens (including phenoxy) is 1. The molecule has 0 atom stereocenters. The Morgan fingerprint density at radius 1 is 1.18 bits per heavy atom. The SMILES string of the molecule is CC(C)(C)OC(=O)Nc1ccc(C(=O)Cl)cc1. The van der Waals surface area contributed by atoms with E-state index in [0.717, 1.165) is 0 Å². The summed E-state index contributed by atoms with van der Waals surface area (Å²) in [5.41, 5.74) is 0.373. The van der Waals surface area contributed by atoms with Gasteiger partial charge in [0.15, 0.2) is 0 Å². The predicted molar refractivity (Wildman–Crippen MR) is 66.5 cm³/mol. The second kappa shape index (κ2) is 5.19. The molecule has 92 valence electrons. The summed E-state index contributed by atoms with van der Waals surface area (Å²) in [5, 5.41) is 2.02. The van der Waals surface area contributed by atoms with Gasteiger partial charge in [0.25, 0.3) is 5.24 Å². The van der Waals surface area contributed by atoms with Crippen molar-refractivity contribution in [3.05, 3.63) is 29.8 Å². The topological polar surface area (TPSA) is 55.4 Å². The Labute approximate surface area is 105 Å². The van der Waals surface area contributed by atoms with Crippen molar-refractivity contribution in [1.82, 2.24) is 0 Å². The molecule has 0 fully saturated rings. The molecule has 1 N–H and O–H groups in total. The van der Waals surface area contributed by atoms with Gasteiger partial charge >= 0.3 is 6.09 Å². The van der Waals surface area contributed by atoms with E-state index in [1.54, 1.807) is 32.9 Å². The van der Waals surface area contributed by atoms with Crippen LogP contribution in [0.25, 0.3) is 0 Å². The van der Waals surface area contributed by atoms with Gasteiger partial charge in [0.2, 0.25) is 0 Å². The van der Waals surface area contributed by atoms with E-state index in [0.29, 0.717) is 11.3 Å². The zero-order chi connectivity index (χ0) is 13.1. The predicted octanol–water partition coefficient (Wildman–Crippen LogP) is 3.41. The first-order chi connectivity index (χ1) is 7.78. The van der Waals surface area contributed by atoms with Gasteiger partial charge in [-0.1, -0.05) is 0 Å². The highest BCUT2D eigenvalue weighted by Gasteiger charge is 2.16. The third-order valence-corrected chi connectivity index (χ3v) is 1.98. The first kappa shape index (κ1) is 13.5. The van der Waals surface area contributed by atoms with Crippen molar-refractivity contribution in [3.8, 4) is 0 Å². The molecule has 0 spiro atoms. The van der Waals surface area contributed by atoms with Crippen LogP contribution in [0.5, 0.6) is 0 Å². The Kier molecular flexibility index (Phi) is 4.12. The van der Waals surface area contributed by atoms with Gasteiger partial charge in [0.1, 0.15) is 5.60 Å². The van der Waals surface area contributed by atoms with Crippen LogP contribution in [0, 0.1) is 0 Å². The Morgan fingerprint density at radius 3 is 2.12 bits per heavy atom. The molecule has 0 saturated carbocycles. The van der Waals surface area contributed by atoms with Crippen LogP contribution < -0.4 is 5.32 Å². The number of hydrogen-bond acceptors (Lipinski definition) is 3. The first-order valence-electron chi connectivity index (χ1n) is 5.08. The van der Waals surface area contributed by atoms with Crippen molar-refractivity contribution in [2.75, 3.05) is 5.32 Å². The molecule has 0 unspecified atom stereocenters. The maximum absolute atomic E-state index is 11.4. The van der Waals surface area contributed by atoms with Gasteiger partial charge < -0.3 is 4.74 Å². The highest BCUT2D eigenvalue weighted by atomic mass is 35.5. The Hall–Kier alpha value is -1.55. The van der Waals surface area contributed by atoms with Gasteiger partial charge in [-0.15, -0.1) is 0 Å². The minimum atomic E-state index is -0.546. The van der Waals surface area contributed by atoms with Gasteiger partial charge in [-0.3, -0.25) is 10.1 Å². The number of carbonyl (C=O) groups excluding carboxylic acids is 2. The first-order valence-corrected chi connectivity index (χ1v) is 5.45. The molecule has 0 radical (unpaired) electrons. The number of halogens is 1. The van der Waals surface area contributed by atoms with Crippen LogP contribution in [0.4, 0.5) is 10.5 Å². The number of carbonyl (C=O) groups is 2. The lowest BCUT2D eigenvalue weighted by molar-refractivity contribution is 0.0636. The highest BCUT2D eigenvalue weighted by molar-refractivity contribution is 6.67. The van der Waals surface area contributed by atoms with Crippen molar-refractivity contribution >= 4 is 28.6 Å². The molecule has 4 nitrogen and oxygen atoms in total. The average molecular weight is 256 g/mol.